The van der Waals surface area contributed by atoms with Gasteiger partial charge in [0.2, 0.25) is 0 Å². The Hall–Kier alpha value is -0.810. The van der Waals surface area contributed by atoms with Crippen LogP contribution in [0.5, 0.6) is 0 Å². The van der Waals surface area contributed by atoms with E-state index in [1.54, 1.807) is 0 Å². The molecule has 2 aliphatic heterocycles. The lowest BCUT2D eigenvalue weighted by Gasteiger charge is -2.39. The maximum Gasteiger partial charge on any atom is 0.317 e. The van der Waals surface area contributed by atoms with Crippen LogP contribution in [0.1, 0.15) is 39.0 Å². The Bertz CT molecular complexity index is 488. The van der Waals surface area contributed by atoms with Crippen molar-refractivity contribution in [3.05, 3.63) is 0 Å². The van der Waals surface area contributed by atoms with Gasteiger partial charge in [-0.2, -0.15) is 0 Å². The fraction of sp³-hybridized carbons (Fsp3) is 0.944. The van der Waals surface area contributed by atoms with Gasteiger partial charge in [-0.15, -0.1) is 0 Å². The van der Waals surface area contributed by atoms with Gasteiger partial charge in [-0.3, -0.25) is 0 Å². The third-order valence-electron chi connectivity index (χ3n) is 7.34. The molecule has 5 nitrogen and oxygen atoms in total. The lowest BCUT2D eigenvalue weighted by atomic mass is 9.90. The number of hydrogen-bond donors (Lipinski definition) is 1. The number of piperidine rings is 1. The summed E-state index contributed by atoms with van der Waals surface area (Å²) >= 11 is 0. The molecule has 5 fully saturated rings. The van der Waals surface area contributed by atoms with Crippen LogP contribution in [0, 0.1) is 29.6 Å². The fourth-order valence-electron chi connectivity index (χ4n) is 6.11. The summed E-state index contributed by atoms with van der Waals surface area (Å²) in [6.07, 6.45) is 6.36. The van der Waals surface area contributed by atoms with Crippen molar-refractivity contribution in [3.63, 3.8) is 0 Å². The van der Waals surface area contributed by atoms with E-state index >= 15 is 0 Å². The monoisotopic (exact) mass is 320 g/mol. The first kappa shape index (κ1) is 14.5. The Morgan fingerprint density at radius 3 is 2.52 bits per heavy atom. The molecule has 5 heteroatoms. The maximum absolute atomic E-state index is 12.7. The largest absolute Gasteiger partial charge is 0.347 e. The van der Waals surface area contributed by atoms with E-state index < -0.39 is 5.79 Å². The van der Waals surface area contributed by atoms with Crippen LogP contribution in [-0.4, -0.2) is 49.1 Å². The predicted octanol–water partition coefficient (Wildman–Crippen LogP) is 2.22. The Morgan fingerprint density at radius 2 is 1.83 bits per heavy atom. The van der Waals surface area contributed by atoms with Crippen molar-refractivity contribution < 1.29 is 14.3 Å². The number of urea groups is 1. The van der Waals surface area contributed by atoms with Crippen molar-refractivity contribution in [1.29, 1.82) is 0 Å². The highest BCUT2D eigenvalue weighted by Crippen LogP contribution is 2.65. The summed E-state index contributed by atoms with van der Waals surface area (Å²) in [6.45, 7) is 5.01. The second-order valence-electron chi connectivity index (χ2n) is 8.46. The van der Waals surface area contributed by atoms with Crippen molar-refractivity contribution in [1.82, 2.24) is 10.2 Å². The van der Waals surface area contributed by atoms with Crippen LogP contribution in [0.4, 0.5) is 4.79 Å². The number of likely N-dealkylation sites (tertiary alicyclic amines) is 1. The Balaban J connectivity index is 1.19. The average molecular weight is 320 g/mol. The molecule has 3 aliphatic carbocycles. The van der Waals surface area contributed by atoms with Gasteiger partial charge in [-0.1, -0.05) is 0 Å². The number of nitrogens with one attached hydrogen (secondary N) is 1. The number of ether oxygens (including phenoxy) is 2. The molecule has 0 unspecified atom stereocenters. The van der Waals surface area contributed by atoms with Crippen molar-refractivity contribution >= 4 is 6.03 Å². The molecule has 0 aromatic heterocycles. The SMILES string of the molecule is CC1([C@@H]2CCCN(C(=O)NC3[C@@H]4[C@H]5CC[C@@H](C5)[C@@H]34)C2)OCCO1. The summed E-state index contributed by atoms with van der Waals surface area (Å²) in [4.78, 5) is 14.7. The molecule has 2 bridgehead atoms. The molecule has 2 heterocycles. The predicted molar refractivity (Wildman–Crippen MR) is 84.7 cm³/mol. The van der Waals surface area contributed by atoms with E-state index in [0.29, 0.717) is 25.2 Å². The van der Waals surface area contributed by atoms with E-state index in [1.807, 2.05) is 11.8 Å². The molecule has 128 valence electrons. The van der Waals surface area contributed by atoms with Gasteiger partial charge >= 0.3 is 6.03 Å². The van der Waals surface area contributed by atoms with Gasteiger partial charge in [0.1, 0.15) is 0 Å². The smallest absolute Gasteiger partial charge is 0.317 e. The van der Waals surface area contributed by atoms with E-state index in [2.05, 4.69) is 5.32 Å². The minimum Gasteiger partial charge on any atom is -0.347 e. The molecule has 0 aromatic rings. The highest BCUT2D eigenvalue weighted by molar-refractivity contribution is 5.75. The van der Waals surface area contributed by atoms with Crippen molar-refractivity contribution in [2.75, 3.05) is 26.3 Å². The second kappa shape index (κ2) is 5.09. The lowest BCUT2D eigenvalue weighted by Crippen LogP contribution is -2.52. The molecule has 0 spiro atoms. The van der Waals surface area contributed by atoms with Crippen molar-refractivity contribution in [2.45, 2.75) is 50.9 Å². The summed E-state index contributed by atoms with van der Waals surface area (Å²) in [7, 11) is 0. The van der Waals surface area contributed by atoms with Crippen LogP contribution >= 0.6 is 0 Å². The third kappa shape index (κ3) is 2.23. The van der Waals surface area contributed by atoms with E-state index in [4.69, 9.17) is 9.47 Å². The highest BCUT2D eigenvalue weighted by Gasteiger charge is 2.65. The average Bonchev–Trinajstić information content (AvgIpc) is 2.96. The van der Waals surface area contributed by atoms with Gasteiger partial charge in [0, 0.05) is 25.0 Å². The van der Waals surface area contributed by atoms with E-state index in [9.17, 15) is 4.79 Å². The molecule has 23 heavy (non-hydrogen) atoms. The van der Waals surface area contributed by atoms with Gasteiger partial charge in [0.05, 0.1) is 13.2 Å². The molecule has 5 rings (SSSR count). The number of carbonyl (C=O) groups is 1. The van der Waals surface area contributed by atoms with E-state index in [0.717, 1.165) is 49.6 Å². The molecular formula is C18H28N2O3. The summed E-state index contributed by atoms with van der Waals surface area (Å²) < 4.78 is 11.6. The number of nitrogens with zero attached hydrogens (tertiary/aromatic N) is 1. The van der Waals surface area contributed by atoms with Crippen LogP contribution in [0.2, 0.25) is 0 Å². The molecule has 1 N–H and O–H groups in total. The van der Waals surface area contributed by atoms with Crippen LogP contribution in [-0.2, 0) is 9.47 Å². The van der Waals surface area contributed by atoms with Crippen LogP contribution in [0.15, 0.2) is 0 Å². The van der Waals surface area contributed by atoms with Gasteiger partial charge in [0.15, 0.2) is 5.79 Å². The van der Waals surface area contributed by atoms with Gasteiger partial charge in [-0.25, -0.2) is 4.79 Å². The zero-order valence-corrected chi connectivity index (χ0v) is 14.0. The molecule has 2 amide bonds. The zero-order chi connectivity index (χ0) is 15.6. The zero-order valence-electron chi connectivity index (χ0n) is 14.0. The quantitative estimate of drug-likeness (QED) is 0.849. The summed E-state index contributed by atoms with van der Waals surface area (Å²) in [5.41, 5.74) is 0. The Labute approximate surface area is 138 Å². The van der Waals surface area contributed by atoms with Gasteiger partial charge < -0.3 is 19.7 Å². The molecule has 0 aromatic carbocycles. The number of fused-ring (bicyclic) bond motifs is 5. The van der Waals surface area contributed by atoms with Gasteiger partial charge in [-0.05, 0) is 62.7 Å². The summed E-state index contributed by atoms with van der Waals surface area (Å²) in [5.74, 6) is 3.22. The number of carbonyl (C=O) groups excluding carboxylic acids is 1. The number of amides is 2. The van der Waals surface area contributed by atoms with Crippen LogP contribution in [0.3, 0.4) is 0 Å². The first-order valence-corrected chi connectivity index (χ1v) is 9.49. The standard InChI is InChI=1S/C18H28N2O3/c1-18(22-7-8-23-18)13-3-2-6-20(10-13)17(21)19-16-14-11-4-5-12(9-11)15(14)16/h11-16H,2-10H2,1H3,(H,19,21)/t11-,12-,13+,14+,15+/m0/s1. The number of rotatable bonds is 2. The normalized spacial score (nSPS) is 46.7. The fourth-order valence-corrected chi connectivity index (χ4v) is 6.11. The first-order chi connectivity index (χ1) is 11.2. The van der Waals surface area contributed by atoms with Gasteiger partial charge in [0.25, 0.3) is 0 Å². The maximum atomic E-state index is 12.7. The molecule has 5 atom stereocenters. The molecular weight excluding hydrogens is 292 g/mol. The summed E-state index contributed by atoms with van der Waals surface area (Å²) in [6, 6.07) is 0.624. The first-order valence-electron chi connectivity index (χ1n) is 9.49. The lowest BCUT2D eigenvalue weighted by molar-refractivity contribution is -0.189. The highest BCUT2D eigenvalue weighted by atomic mass is 16.7. The van der Waals surface area contributed by atoms with Crippen LogP contribution < -0.4 is 5.32 Å². The third-order valence-corrected chi connectivity index (χ3v) is 7.34. The topological polar surface area (TPSA) is 50.8 Å². The van der Waals surface area contributed by atoms with Crippen molar-refractivity contribution in [3.8, 4) is 0 Å². The Kier molecular flexibility index (Phi) is 3.22. The summed E-state index contributed by atoms with van der Waals surface area (Å²) in [5, 5.41) is 3.36. The second-order valence-corrected chi connectivity index (χ2v) is 8.46. The van der Waals surface area contributed by atoms with E-state index in [1.165, 1.54) is 19.3 Å². The minimum atomic E-state index is -0.492. The molecule has 5 aliphatic rings. The number of hydrogen-bond acceptors (Lipinski definition) is 3. The molecule has 0 radical (unpaired) electrons. The minimum absolute atomic E-state index is 0.148. The van der Waals surface area contributed by atoms with Crippen LogP contribution in [0.25, 0.3) is 0 Å². The molecule has 3 saturated carbocycles. The van der Waals surface area contributed by atoms with Crippen molar-refractivity contribution in [2.24, 2.45) is 29.6 Å². The van der Waals surface area contributed by atoms with E-state index in [-0.39, 0.29) is 6.03 Å². The Morgan fingerprint density at radius 1 is 1.13 bits per heavy atom. The molecule has 2 saturated heterocycles.